The number of methoxy groups -OCH3 is 1. The second-order valence-electron chi connectivity index (χ2n) is 6.68. The van der Waals surface area contributed by atoms with Crippen LogP contribution in [-0.2, 0) is 10.0 Å². The van der Waals surface area contributed by atoms with Gasteiger partial charge >= 0.3 is 0 Å². The molecule has 0 amide bonds. The van der Waals surface area contributed by atoms with Crippen LogP contribution in [0.1, 0.15) is 25.7 Å². The van der Waals surface area contributed by atoms with E-state index >= 15 is 0 Å². The highest BCUT2D eigenvalue weighted by Gasteiger charge is 2.45. The molecule has 0 N–H and O–H groups in total. The first-order chi connectivity index (χ1) is 11.5. The zero-order valence-corrected chi connectivity index (χ0v) is 15.1. The van der Waals surface area contributed by atoms with Crippen molar-refractivity contribution in [1.82, 2.24) is 9.21 Å². The third-order valence-corrected chi connectivity index (χ3v) is 7.17. The highest BCUT2D eigenvalue weighted by molar-refractivity contribution is 7.89. The summed E-state index contributed by atoms with van der Waals surface area (Å²) in [6, 6.07) is 6.66. The quantitative estimate of drug-likeness (QED) is 0.766. The molecule has 6 heteroatoms. The largest absolute Gasteiger partial charge is 0.497 e. The molecule has 2 aliphatic rings. The van der Waals surface area contributed by atoms with Gasteiger partial charge in [0.2, 0.25) is 10.0 Å². The van der Waals surface area contributed by atoms with Crippen LogP contribution in [0.15, 0.2) is 41.8 Å². The van der Waals surface area contributed by atoms with Crippen LogP contribution in [0.4, 0.5) is 0 Å². The molecule has 1 spiro atoms. The van der Waals surface area contributed by atoms with E-state index in [0.717, 1.165) is 38.8 Å². The Morgan fingerprint density at radius 2 is 1.88 bits per heavy atom. The normalized spacial score (nSPS) is 25.9. The number of rotatable bonds is 5. The molecule has 24 heavy (non-hydrogen) atoms. The zero-order chi connectivity index (χ0) is 17.2. The lowest BCUT2D eigenvalue weighted by Crippen LogP contribution is -2.56. The van der Waals surface area contributed by atoms with Crippen molar-refractivity contribution < 1.29 is 13.2 Å². The molecule has 2 saturated heterocycles. The minimum absolute atomic E-state index is 0.0218. The molecule has 3 rings (SSSR count). The lowest BCUT2D eigenvalue weighted by atomic mass is 9.87. The molecule has 0 bridgehead atoms. The average molecular weight is 350 g/mol. The molecule has 0 saturated carbocycles. The predicted molar refractivity (Wildman–Crippen MR) is 94.7 cm³/mol. The molecular formula is C18H26N2O3S. The van der Waals surface area contributed by atoms with E-state index < -0.39 is 10.0 Å². The van der Waals surface area contributed by atoms with Crippen LogP contribution in [0.5, 0.6) is 5.75 Å². The van der Waals surface area contributed by atoms with Crippen molar-refractivity contribution in [3.8, 4) is 5.75 Å². The predicted octanol–water partition coefficient (Wildman–Crippen LogP) is 2.50. The van der Waals surface area contributed by atoms with Crippen molar-refractivity contribution in [1.29, 1.82) is 0 Å². The lowest BCUT2D eigenvalue weighted by molar-refractivity contribution is 0.0841. The van der Waals surface area contributed by atoms with Crippen molar-refractivity contribution in [2.24, 2.45) is 0 Å². The molecule has 1 aromatic carbocycles. The summed E-state index contributed by atoms with van der Waals surface area (Å²) in [5, 5.41) is 0. The smallest absolute Gasteiger partial charge is 0.243 e. The van der Waals surface area contributed by atoms with Gasteiger partial charge in [0.05, 0.1) is 12.0 Å². The fourth-order valence-electron chi connectivity index (χ4n) is 4.07. The SMILES string of the molecule is C=CCN1CCCC12CCCN(S(=O)(=O)c1ccc(OC)cc1)C2. The minimum Gasteiger partial charge on any atom is -0.497 e. The van der Waals surface area contributed by atoms with Gasteiger partial charge in [0.25, 0.3) is 0 Å². The van der Waals surface area contributed by atoms with Gasteiger partial charge in [-0.15, -0.1) is 6.58 Å². The molecule has 2 aliphatic heterocycles. The van der Waals surface area contributed by atoms with Crippen LogP contribution < -0.4 is 4.74 Å². The monoisotopic (exact) mass is 350 g/mol. The van der Waals surface area contributed by atoms with Gasteiger partial charge in [-0.3, -0.25) is 4.90 Å². The molecule has 0 aliphatic carbocycles. The molecule has 1 aromatic rings. The maximum atomic E-state index is 13.0. The van der Waals surface area contributed by atoms with Crippen LogP contribution in [0.25, 0.3) is 0 Å². The molecule has 132 valence electrons. The Morgan fingerprint density at radius 3 is 2.50 bits per heavy atom. The number of benzene rings is 1. The first-order valence-electron chi connectivity index (χ1n) is 8.52. The maximum absolute atomic E-state index is 13.0. The standard InChI is InChI=1S/C18H26N2O3S/c1-3-12-19-13-4-10-18(19)11-5-14-20(15-18)24(21,22)17-8-6-16(23-2)7-9-17/h3,6-9H,1,4-5,10-15H2,2H3. The number of hydrogen-bond acceptors (Lipinski definition) is 4. The summed E-state index contributed by atoms with van der Waals surface area (Å²) in [6.45, 7) is 6.88. The van der Waals surface area contributed by atoms with Gasteiger partial charge in [-0.2, -0.15) is 4.31 Å². The van der Waals surface area contributed by atoms with Crippen LogP contribution in [0.3, 0.4) is 0 Å². The zero-order valence-electron chi connectivity index (χ0n) is 14.3. The topological polar surface area (TPSA) is 49.9 Å². The van der Waals surface area contributed by atoms with Gasteiger partial charge in [-0.25, -0.2) is 8.42 Å². The third-order valence-electron chi connectivity index (χ3n) is 5.31. The minimum atomic E-state index is -3.46. The van der Waals surface area contributed by atoms with E-state index in [2.05, 4.69) is 11.5 Å². The number of likely N-dealkylation sites (tertiary alicyclic amines) is 1. The Morgan fingerprint density at radius 1 is 1.21 bits per heavy atom. The summed E-state index contributed by atoms with van der Waals surface area (Å²) in [5.41, 5.74) is -0.0218. The Kier molecular flexibility index (Phi) is 4.99. The number of ether oxygens (including phenoxy) is 1. The molecule has 2 heterocycles. The molecular weight excluding hydrogens is 324 g/mol. The molecule has 0 radical (unpaired) electrons. The Hall–Kier alpha value is -1.37. The van der Waals surface area contributed by atoms with E-state index in [-0.39, 0.29) is 5.54 Å². The van der Waals surface area contributed by atoms with Crippen molar-refractivity contribution in [3.05, 3.63) is 36.9 Å². The summed E-state index contributed by atoms with van der Waals surface area (Å²) in [6.07, 6.45) is 6.09. The van der Waals surface area contributed by atoms with E-state index in [1.165, 1.54) is 0 Å². The Balaban J connectivity index is 1.84. The number of hydrogen-bond donors (Lipinski definition) is 0. The van der Waals surface area contributed by atoms with Crippen LogP contribution >= 0.6 is 0 Å². The first-order valence-corrected chi connectivity index (χ1v) is 9.96. The van der Waals surface area contributed by atoms with Crippen molar-refractivity contribution in [3.63, 3.8) is 0 Å². The first kappa shape index (κ1) is 17.5. The highest BCUT2D eigenvalue weighted by Crippen LogP contribution is 2.38. The maximum Gasteiger partial charge on any atom is 0.243 e. The van der Waals surface area contributed by atoms with E-state index in [9.17, 15) is 8.42 Å². The van der Waals surface area contributed by atoms with Crippen LogP contribution in [0.2, 0.25) is 0 Å². The Bertz CT molecular complexity index is 687. The van der Waals surface area contributed by atoms with Gasteiger partial charge in [-0.1, -0.05) is 6.08 Å². The molecule has 5 nitrogen and oxygen atoms in total. The van der Waals surface area contributed by atoms with E-state index in [1.807, 2.05) is 6.08 Å². The summed E-state index contributed by atoms with van der Waals surface area (Å²) in [5.74, 6) is 0.664. The Labute approximate surface area is 145 Å². The summed E-state index contributed by atoms with van der Waals surface area (Å²) < 4.78 is 32.9. The van der Waals surface area contributed by atoms with Gasteiger partial charge in [0, 0.05) is 25.2 Å². The van der Waals surface area contributed by atoms with E-state index in [1.54, 1.807) is 35.7 Å². The second-order valence-corrected chi connectivity index (χ2v) is 8.62. The second kappa shape index (κ2) is 6.86. The molecule has 1 unspecified atom stereocenters. The van der Waals surface area contributed by atoms with Crippen molar-refractivity contribution in [2.45, 2.75) is 36.1 Å². The van der Waals surface area contributed by atoms with Gasteiger partial charge in [0.1, 0.15) is 5.75 Å². The highest BCUT2D eigenvalue weighted by atomic mass is 32.2. The van der Waals surface area contributed by atoms with Gasteiger partial charge in [-0.05, 0) is 56.5 Å². The lowest BCUT2D eigenvalue weighted by Gasteiger charge is -2.45. The average Bonchev–Trinajstić information content (AvgIpc) is 2.97. The molecule has 2 fully saturated rings. The van der Waals surface area contributed by atoms with E-state index in [4.69, 9.17) is 4.74 Å². The van der Waals surface area contributed by atoms with E-state index in [0.29, 0.717) is 23.7 Å². The van der Waals surface area contributed by atoms with Gasteiger partial charge < -0.3 is 4.74 Å². The third kappa shape index (κ3) is 3.10. The van der Waals surface area contributed by atoms with Crippen LogP contribution in [0, 0.1) is 0 Å². The summed E-state index contributed by atoms with van der Waals surface area (Å²) >= 11 is 0. The number of sulfonamides is 1. The van der Waals surface area contributed by atoms with Gasteiger partial charge in [0.15, 0.2) is 0 Å². The summed E-state index contributed by atoms with van der Waals surface area (Å²) in [4.78, 5) is 2.75. The molecule has 0 aromatic heterocycles. The fraction of sp³-hybridized carbons (Fsp3) is 0.556. The van der Waals surface area contributed by atoms with Crippen LogP contribution in [-0.4, -0.2) is 56.5 Å². The summed E-state index contributed by atoms with van der Waals surface area (Å²) in [7, 11) is -1.89. The van der Waals surface area contributed by atoms with Crippen molar-refractivity contribution >= 4 is 10.0 Å². The number of nitrogens with zero attached hydrogens (tertiary/aromatic N) is 2. The molecule has 1 atom stereocenters. The fourth-order valence-corrected chi connectivity index (χ4v) is 5.63. The van der Waals surface area contributed by atoms with Crippen molar-refractivity contribution in [2.75, 3.05) is 33.3 Å². The number of piperidine rings is 1.